The number of hydrogen-bond donors (Lipinski definition) is 1. The Morgan fingerprint density at radius 2 is 2.04 bits per heavy atom. The van der Waals surface area contributed by atoms with E-state index in [0.29, 0.717) is 12.3 Å². The number of rotatable bonds is 12. The van der Waals surface area contributed by atoms with Crippen LogP contribution in [0.3, 0.4) is 0 Å². The number of carbonyl (C=O) groups is 2. The van der Waals surface area contributed by atoms with Crippen molar-refractivity contribution in [2.75, 3.05) is 33.9 Å². The molecule has 0 fully saturated rings. The number of alkyl carbamates (subject to hydrolysis) is 1. The van der Waals surface area contributed by atoms with Gasteiger partial charge in [0.2, 0.25) is 0 Å². The van der Waals surface area contributed by atoms with Crippen molar-refractivity contribution in [3.05, 3.63) is 41.8 Å². The summed E-state index contributed by atoms with van der Waals surface area (Å²) in [6.45, 7) is 3.92. The molecular formula is C19H29N3O5. The molecule has 1 aromatic heterocycles. The quantitative estimate of drug-likeness (QED) is 0.443. The van der Waals surface area contributed by atoms with E-state index in [1.165, 1.54) is 11.0 Å². The number of aromatic nitrogens is 1. The summed E-state index contributed by atoms with van der Waals surface area (Å²) in [6, 6.07) is 1.45. The van der Waals surface area contributed by atoms with Crippen LogP contribution in [0.25, 0.3) is 0 Å². The minimum absolute atomic E-state index is 0.0960. The van der Waals surface area contributed by atoms with Gasteiger partial charge in [-0.2, -0.15) is 0 Å². The standard InChI is InChI=1S/C19H29N3O5/c1-4-5-12-25-13-10-8-6-7-9-11-20-19(24)26-15-16-14-17(21-27-16)18(23)22(2)3/h6-9,14H,4-5,10-13,15H2,1-3H3,(H,20,24)/b8-6+,9-7+. The van der Waals surface area contributed by atoms with Crippen molar-refractivity contribution in [3.8, 4) is 0 Å². The first-order chi connectivity index (χ1) is 13.0. The fraction of sp³-hybridized carbons (Fsp3) is 0.526. The van der Waals surface area contributed by atoms with Crippen LogP contribution in [0.2, 0.25) is 0 Å². The van der Waals surface area contributed by atoms with E-state index in [-0.39, 0.29) is 18.2 Å². The average molecular weight is 379 g/mol. The predicted octanol–water partition coefficient (Wildman–Crippen LogP) is 2.92. The molecule has 0 saturated carbocycles. The Kier molecular flexibility index (Phi) is 11.3. The number of allylic oxidation sites excluding steroid dienone is 2. The van der Waals surface area contributed by atoms with Gasteiger partial charge in [0.15, 0.2) is 18.1 Å². The maximum atomic E-state index is 11.7. The monoisotopic (exact) mass is 379 g/mol. The molecule has 8 heteroatoms. The van der Waals surface area contributed by atoms with Crippen molar-refractivity contribution in [1.82, 2.24) is 15.4 Å². The predicted molar refractivity (Wildman–Crippen MR) is 101 cm³/mol. The van der Waals surface area contributed by atoms with E-state index in [1.54, 1.807) is 20.2 Å². The van der Waals surface area contributed by atoms with Crippen LogP contribution in [-0.4, -0.2) is 55.9 Å². The van der Waals surface area contributed by atoms with Crippen molar-refractivity contribution in [1.29, 1.82) is 0 Å². The molecule has 1 rings (SSSR count). The van der Waals surface area contributed by atoms with E-state index >= 15 is 0 Å². The van der Waals surface area contributed by atoms with Crippen LogP contribution in [0.5, 0.6) is 0 Å². The van der Waals surface area contributed by atoms with E-state index in [2.05, 4.69) is 17.4 Å². The lowest BCUT2D eigenvalue weighted by atomic mass is 10.3. The molecule has 0 aromatic carbocycles. The van der Waals surface area contributed by atoms with Gasteiger partial charge in [-0.1, -0.05) is 42.8 Å². The Morgan fingerprint density at radius 1 is 1.26 bits per heavy atom. The largest absolute Gasteiger partial charge is 0.441 e. The fourth-order valence-electron chi connectivity index (χ4n) is 1.86. The van der Waals surface area contributed by atoms with E-state index < -0.39 is 6.09 Å². The Morgan fingerprint density at radius 3 is 2.78 bits per heavy atom. The number of ether oxygens (including phenoxy) is 2. The van der Waals surface area contributed by atoms with E-state index in [0.717, 1.165) is 32.5 Å². The highest BCUT2D eigenvalue weighted by molar-refractivity contribution is 5.91. The fourth-order valence-corrected chi connectivity index (χ4v) is 1.86. The van der Waals surface area contributed by atoms with Gasteiger partial charge in [-0.3, -0.25) is 4.79 Å². The molecule has 1 heterocycles. The smallest absolute Gasteiger partial charge is 0.407 e. The number of carbonyl (C=O) groups excluding carboxylic acids is 2. The van der Waals surface area contributed by atoms with Crippen LogP contribution in [-0.2, 0) is 16.1 Å². The number of hydrogen-bond acceptors (Lipinski definition) is 6. The topological polar surface area (TPSA) is 93.9 Å². The second kappa shape index (κ2) is 13.6. The third-order valence-corrected chi connectivity index (χ3v) is 3.35. The van der Waals surface area contributed by atoms with Crippen molar-refractivity contribution in [2.45, 2.75) is 32.8 Å². The highest BCUT2D eigenvalue weighted by Crippen LogP contribution is 2.07. The maximum Gasteiger partial charge on any atom is 0.407 e. The summed E-state index contributed by atoms with van der Waals surface area (Å²) in [6.07, 6.45) is 10.1. The summed E-state index contributed by atoms with van der Waals surface area (Å²) in [4.78, 5) is 24.7. The van der Waals surface area contributed by atoms with Gasteiger partial charge in [0, 0.05) is 33.3 Å². The third kappa shape index (κ3) is 10.2. The Labute approximate surface area is 160 Å². The lowest BCUT2D eigenvalue weighted by Gasteiger charge is -2.05. The highest BCUT2D eigenvalue weighted by atomic mass is 16.6. The number of unbranched alkanes of at least 4 members (excludes halogenated alkanes) is 1. The molecule has 0 bridgehead atoms. The normalized spacial score (nSPS) is 11.2. The Balaban J connectivity index is 2.13. The first kappa shape index (κ1) is 22.4. The van der Waals surface area contributed by atoms with Crippen LogP contribution in [0.1, 0.15) is 42.4 Å². The average Bonchev–Trinajstić information content (AvgIpc) is 3.12. The van der Waals surface area contributed by atoms with Gasteiger partial charge in [-0.05, 0) is 12.8 Å². The zero-order valence-electron chi connectivity index (χ0n) is 16.3. The number of amides is 2. The van der Waals surface area contributed by atoms with Gasteiger partial charge in [-0.15, -0.1) is 0 Å². The molecule has 27 heavy (non-hydrogen) atoms. The van der Waals surface area contributed by atoms with Gasteiger partial charge < -0.3 is 24.2 Å². The molecule has 0 aliphatic carbocycles. The first-order valence-corrected chi connectivity index (χ1v) is 9.01. The lowest BCUT2D eigenvalue weighted by molar-refractivity contribution is 0.0816. The summed E-state index contributed by atoms with van der Waals surface area (Å²) in [5.41, 5.74) is 0.171. The second-order valence-corrected chi connectivity index (χ2v) is 5.95. The van der Waals surface area contributed by atoms with Gasteiger partial charge in [0.25, 0.3) is 5.91 Å². The minimum atomic E-state index is -0.579. The van der Waals surface area contributed by atoms with Gasteiger partial charge in [0.1, 0.15) is 0 Å². The maximum absolute atomic E-state index is 11.7. The van der Waals surface area contributed by atoms with Crippen LogP contribution in [0.4, 0.5) is 4.79 Å². The van der Waals surface area contributed by atoms with Crippen LogP contribution in [0.15, 0.2) is 34.9 Å². The molecule has 0 spiro atoms. The Bertz CT molecular complexity index is 623. The van der Waals surface area contributed by atoms with E-state index in [1.807, 2.05) is 18.2 Å². The molecule has 0 radical (unpaired) electrons. The number of nitrogens with one attached hydrogen (secondary N) is 1. The summed E-state index contributed by atoms with van der Waals surface area (Å²) < 4.78 is 15.4. The zero-order valence-corrected chi connectivity index (χ0v) is 16.3. The summed E-state index contributed by atoms with van der Waals surface area (Å²) >= 11 is 0. The number of nitrogens with zero attached hydrogens (tertiary/aromatic N) is 2. The SMILES string of the molecule is CCCCOCC/C=C/C=C/CNC(=O)OCc1cc(C(=O)N(C)C)no1. The van der Waals surface area contributed by atoms with E-state index in [9.17, 15) is 9.59 Å². The van der Waals surface area contributed by atoms with Crippen molar-refractivity contribution >= 4 is 12.0 Å². The molecule has 0 aliphatic heterocycles. The molecule has 1 aromatic rings. The Hall–Kier alpha value is -2.61. The third-order valence-electron chi connectivity index (χ3n) is 3.35. The highest BCUT2D eigenvalue weighted by Gasteiger charge is 2.15. The van der Waals surface area contributed by atoms with Gasteiger partial charge in [-0.25, -0.2) is 4.79 Å². The first-order valence-electron chi connectivity index (χ1n) is 9.01. The molecule has 0 aliphatic rings. The van der Waals surface area contributed by atoms with Gasteiger partial charge >= 0.3 is 6.09 Å². The molecule has 2 amide bonds. The molecule has 150 valence electrons. The molecule has 0 unspecified atom stereocenters. The van der Waals surface area contributed by atoms with Crippen LogP contribution < -0.4 is 5.32 Å². The van der Waals surface area contributed by atoms with Crippen molar-refractivity contribution < 1.29 is 23.6 Å². The van der Waals surface area contributed by atoms with Crippen molar-refractivity contribution in [2.24, 2.45) is 0 Å². The van der Waals surface area contributed by atoms with Crippen molar-refractivity contribution in [3.63, 3.8) is 0 Å². The van der Waals surface area contributed by atoms with Crippen LogP contribution >= 0.6 is 0 Å². The van der Waals surface area contributed by atoms with Crippen LogP contribution in [0, 0.1) is 0 Å². The molecule has 0 atom stereocenters. The summed E-state index contributed by atoms with van der Waals surface area (Å²) in [7, 11) is 3.23. The summed E-state index contributed by atoms with van der Waals surface area (Å²) in [5.74, 6) is 0.0233. The summed E-state index contributed by atoms with van der Waals surface area (Å²) in [5, 5.41) is 6.22. The molecule has 8 nitrogen and oxygen atoms in total. The zero-order chi connectivity index (χ0) is 19.9. The molecule has 1 N–H and O–H groups in total. The lowest BCUT2D eigenvalue weighted by Crippen LogP contribution is -2.24. The van der Waals surface area contributed by atoms with E-state index in [4.69, 9.17) is 14.0 Å². The van der Waals surface area contributed by atoms with Gasteiger partial charge in [0.05, 0.1) is 6.61 Å². The second-order valence-electron chi connectivity index (χ2n) is 5.95. The molecular weight excluding hydrogens is 350 g/mol. The molecule has 0 saturated heterocycles. The minimum Gasteiger partial charge on any atom is -0.441 e.